The van der Waals surface area contributed by atoms with E-state index in [4.69, 9.17) is 9.47 Å². The van der Waals surface area contributed by atoms with Crippen molar-refractivity contribution >= 4 is 35.6 Å². The van der Waals surface area contributed by atoms with Gasteiger partial charge in [0.25, 0.3) is 5.91 Å². The fraction of sp³-hybridized carbons (Fsp3) is 0.541. The van der Waals surface area contributed by atoms with Gasteiger partial charge in [-0.3, -0.25) is 24.8 Å². The van der Waals surface area contributed by atoms with Gasteiger partial charge in [-0.2, -0.15) is 26.3 Å². The highest BCUT2D eigenvalue weighted by Gasteiger charge is 2.58. The largest absolute Gasteiger partial charge is 0.453 e. The van der Waals surface area contributed by atoms with Gasteiger partial charge in [-0.05, 0) is 107 Å². The first kappa shape index (κ1) is 64.6. The third kappa shape index (κ3) is 13.8. The molecule has 480 valence electrons. The number of anilines is 2. The maximum absolute atomic E-state index is 16.6. The van der Waals surface area contributed by atoms with Gasteiger partial charge < -0.3 is 49.8 Å². The molecule has 4 unspecified atom stereocenters. The van der Waals surface area contributed by atoms with Crippen LogP contribution in [0.5, 0.6) is 0 Å². The van der Waals surface area contributed by atoms with Crippen LogP contribution in [0.1, 0.15) is 62.8 Å². The zero-order valence-electron chi connectivity index (χ0n) is 49.8. The van der Waals surface area contributed by atoms with Crippen LogP contribution in [0.15, 0.2) is 73.1 Å². The van der Waals surface area contributed by atoms with Crippen molar-refractivity contribution in [3.8, 4) is 23.0 Å². The molecule has 10 heterocycles. The Morgan fingerprint density at radius 1 is 0.640 bits per heavy atom. The van der Waals surface area contributed by atoms with Crippen molar-refractivity contribution in [2.45, 2.75) is 126 Å². The molecule has 28 heteroatoms. The number of carbonyl (C=O) groups excluding carboxylic acids is 4. The smallest absolute Gasteiger partial charge is 0.407 e. The molecule has 8 aliphatic heterocycles. The van der Waals surface area contributed by atoms with Gasteiger partial charge in [0.1, 0.15) is 35.4 Å². The number of benzene rings is 2. The molecule has 8 saturated heterocycles. The predicted molar refractivity (Wildman–Crippen MR) is 306 cm³/mol. The molecule has 0 spiro atoms. The number of nitrogens with one attached hydrogen (secondary N) is 4. The summed E-state index contributed by atoms with van der Waals surface area (Å²) in [5, 5.41) is 19.0. The number of nitrogens with zero attached hydrogens (tertiary/aromatic N) is 7. The fourth-order valence-electron chi connectivity index (χ4n) is 12.4. The Bertz CT molecular complexity index is 3240. The standard InChI is InChI=1S/C61H71F8N11O9/c1-58(2,60(64,65)66)52(73-56(84)86-5)54(82)72-48(17-35-10-7-34(8-11-35)9-12-36-13-15-50(70-22-36)76-24-39-20-40(25-76)79(39)43-30-88-31-43)49(81)29-78(75-55(83)53(74-57(85)87-6)59(3,4)61(67,68)69)28-45-46(62)18-38(19-47(45)63)37-14-16-51(71-23-37)77-26-41-21-42(27-77)80(41)44-32-89-33-44/h7-8,10-11,13-16,18-19,22-23,39-44,48-49,52-53,81H,17,20-21,24-33H2,1-6H3,(H,72,82)(H,73,84)(H,74,85)(H,75,83)/t39?,40?,41?,42?,48-,49-,52+,53+/m0/s1. The first-order chi connectivity index (χ1) is 42.1. The molecule has 2 aromatic heterocycles. The van der Waals surface area contributed by atoms with E-state index in [1.54, 1.807) is 30.5 Å². The number of aliphatic hydroxyl groups excluding tert-OH is 1. The average molecular weight is 1250 g/mol. The van der Waals surface area contributed by atoms with Crippen LogP contribution in [0, 0.1) is 34.3 Å². The number of ether oxygens (including phenoxy) is 4. The average Bonchev–Trinajstić information content (AvgIpc) is 0.773. The number of aliphatic hydroxyl groups is 1. The van der Waals surface area contributed by atoms with E-state index >= 15 is 8.78 Å². The highest BCUT2D eigenvalue weighted by Crippen LogP contribution is 2.43. The molecular formula is C61H71F8N11O9. The molecule has 0 radical (unpaired) electrons. The van der Waals surface area contributed by atoms with Crippen LogP contribution in [-0.4, -0.2) is 200 Å². The lowest BCUT2D eigenvalue weighted by atomic mass is 9.82. The molecule has 8 atom stereocenters. The van der Waals surface area contributed by atoms with E-state index in [1.165, 1.54) is 18.3 Å². The number of alkyl halides is 6. The molecule has 20 nitrogen and oxygen atoms in total. The van der Waals surface area contributed by atoms with E-state index in [2.05, 4.69) is 61.6 Å². The van der Waals surface area contributed by atoms with Crippen LogP contribution in [0.3, 0.4) is 0 Å². The number of rotatable bonds is 20. The number of amides is 4. The summed E-state index contributed by atoms with van der Waals surface area (Å²) in [6.07, 6.45) is -10.4. The number of pyridine rings is 2. The van der Waals surface area contributed by atoms with E-state index in [-0.39, 0.29) is 5.56 Å². The molecule has 8 fully saturated rings. The van der Waals surface area contributed by atoms with E-state index in [0.717, 1.165) is 84.4 Å². The highest BCUT2D eigenvalue weighted by atomic mass is 19.4. The number of aromatic nitrogens is 2. The zero-order chi connectivity index (χ0) is 63.9. The minimum Gasteiger partial charge on any atom is -0.453 e. The van der Waals surface area contributed by atoms with E-state index in [9.17, 15) is 50.6 Å². The lowest BCUT2D eigenvalue weighted by molar-refractivity contribution is -0.221. The number of hydrogen-bond acceptors (Lipinski definition) is 16. The molecule has 0 aliphatic carbocycles. The van der Waals surface area contributed by atoms with Gasteiger partial charge in [-0.15, -0.1) is 0 Å². The molecule has 4 aromatic rings. The predicted octanol–water partition coefficient (Wildman–Crippen LogP) is 5.69. The number of halogens is 8. The van der Waals surface area contributed by atoms with Crippen LogP contribution in [0.25, 0.3) is 11.1 Å². The number of hydrazine groups is 1. The molecule has 4 amide bonds. The Kier molecular flexibility index (Phi) is 18.7. The van der Waals surface area contributed by atoms with Crippen LogP contribution in [0.4, 0.5) is 56.3 Å². The summed E-state index contributed by atoms with van der Waals surface area (Å²) in [7, 11) is 1.68. The van der Waals surface area contributed by atoms with Gasteiger partial charge in [-0.25, -0.2) is 33.3 Å². The summed E-state index contributed by atoms with van der Waals surface area (Å²) in [5.41, 5.74) is -2.95. The number of fused-ring (bicyclic) bond motifs is 4. The zero-order valence-corrected chi connectivity index (χ0v) is 49.8. The van der Waals surface area contributed by atoms with E-state index in [1.807, 2.05) is 22.8 Å². The van der Waals surface area contributed by atoms with Crippen molar-refractivity contribution in [3.05, 3.63) is 107 Å². The second-order valence-electron chi connectivity index (χ2n) is 24.7. The summed E-state index contributed by atoms with van der Waals surface area (Å²) in [5.74, 6) is 2.04. The molecular weight excluding hydrogens is 1180 g/mol. The van der Waals surface area contributed by atoms with Gasteiger partial charge in [-0.1, -0.05) is 24.0 Å². The van der Waals surface area contributed by atoms with Crippen molar-refractivity contribution in [1.82, 2.24) is 46.2 Å². The number of carbonyl (C=O) groups is 4. The number of piperidine rings is 2. The Hall–Kier alpha value is -7.42. The SMILES string of the molecule is COC(=O)N[C@H](C(=O)N[C@@H](Cc1ccc(C#Cc2ccc(N3CC4CC(C3)N4C3COC3)nc2)cc1)[C@@H](O)CN(Cc1c(F)cc(-c2ccc(N3CC4CC(C3)N4C3COC3)nc2)cc1F)NC(=O)[C@@H](NC(=O)OC)C(C)(C)C(F)(F)F)C(C)(C)C(F)(F)F. The topological polar surface area (TPSA) is 216 Å². The second-order valence-corrected chi connectivity index (χ2v) is 24.7. The van der Waals surface area contributed by atoms with Crippen molar-refractivity contribution in [2.75, 3.05) is 83.2 Å². The monoisotopic (exact) mass is 1250 g/mol. The van der Waals surface area contributed by atoms with Crippen LogP contribution < -0.4 is 31.2 Å². The van der Waals surface area contributed by atoms with Crippen molar-refractivity contribution < 1.29 is 78.4 Å². The van der Waals surface area contributed by atoms with Gasteiger partial charge in [0.15, 0.2) is 0 Å². The summed E-state index contributed by atoms with van der Waals surface area (Å²) >= 11 is 0. The fourth-order valence-corrected chi connectivity index (χ4v) is 12.4. The number of alkyl carbamates (subject to hydrolysis) is 2. The van der Waals surface area contributed by atoms with Crippen LogP contribution in [0.2, 0.25) is 0 Å². The Labute approximate surface area is 508 Å². The number of piperazine rings is 2. The van der Waals surface area contributed by atoms with Gasteiger partial charge >= 0.3 is 24.5 Å². The first-order valence-electron chi connectivity index (χ1n) is 29.2. The van der Waals surface area contributed by atoms with Crippen LogP contribution >= 0.6 is 0 Å². The molecule has 12 rings (SSSR count). The first-order valence-corrected chi connectivity index (χ1v) is 29.2. The Balaban J connectivity index is 0.907. The Morgan fingerprint density at radius 2 is 1.10 bits per heavy atom. The number of methoxy groups -OCH3 is 2. The molecule has 89 heavy (non-hydrogen) atoms. The molecule has 2 aromatic carbocycles. The van der Waals surface area contributed by atoms with Crippen molar-refractivity contribution in [3.63, 3.8) is 0 Å². The molecule has 8 aliphatic rings. The summed E-state index contributed by atoms with van der Waals surface area (Å²) in [6, 6.07) is 11.1. The maximum atomic E-state index is 16.6. The number of hydrogen-bond donors (Lipinski definition) is 5. The van der Waals surface area contributed by atoms with E-state index in [0.29, 0.717) is 110 Å². The minimum atomic E-state index is -5.19. The molecule has 5 N–H and O–H groups in total. The summed E-state index contributed by atoms with van der Waals surface area (Å²) in [4.78, 5) is 72.2. The minimum absolute atomic E-state index is 0.0318. The lowest BCUT2D eigenvalue weighted by Gasteiger charge is -2.60. The van der Waals surface area contributed by atoms with Gasteiger partial charge in [0, 0.05) is 98.1 Å². The second kappa shape index (κ2) is 25.8. The summed E-state index contributed by atoms with van der Waals surface area (Å²) < 4.78 is 141. The van der Waals surface area contributed by atoms with E-state index < -0.39 is 108 Å². The normalized spacial score (nSPS) is 21.9. The van der Waals surface area contributed by atoms with Gasteiger partial charge in [0.05, 0.1) is 75.7 Å². The van der Waals surface area contributed by atoms with Crippen LogP contribution in [-0.2, 0) is 41.5 Å². The maximum Gasteiger partial charge on any atom is 0.407 e. The quantitative estimate of drug-likeness (QED) is 0.0408. The Morgan fingerprint density at radius 3 is 1.53 bits per heavy atom. The highest BCUT2D eigenvalue weighted by molar-refractivity contribution is 5.87. The van der Waals surface area contributed by atoms with Crippen molar-refractivity contribution in [1.29, 1.82) is 0 Å². The third-order valence-corrected chi connectivity index (χ3v) is 18.1. The van der Waals surface area contributed by atoms with Gasteiger partial charge in [0.2, 0.25) is 5.91 Å². The lowest BCUT2D eigenvalue weighted by Crippen LogP contribution is -2.74. The van der Waals surface area contributed by atoms with Crippen molar-refractivity contribution in [2.24, 2.45) is 10.8 Å². The molecule has 0 saturated carbocycles. The molecule has 4 bridgehead atoms. The summed E-state index contributed by atoms with van der Waals surface area (Å²) in [6.45, 7) is 6.47. The third-order valence-electron chi connectivity index (χ3n) is 18.1.